The van der Waals surface area contributed by atoms with Gasteiger partial charge in [-0.25, -0.2) is 19.9 Å². The molecule has 1 saturated heterocycles. The van der Waals surface area contributed by atoms with Gasteiger partial charge in [0.15, 0.2) is 11.5 Å². The van der Waals surface area contributed by atoms with E-state index in [9.17, 15) is 4.79 Å². The van der Waals surface area contributed by atoms with Crippen molar-refractivity contribution in [3.63, 3.8) is 0 Å². The first-order valence-electron chi connectivity index (χ1n) is 12.8. The molecule has 1 fully saturated rings. The highest BCUT2D eigenvalue weighted by Gasteiger charge is 2.20. The molecule has 6 rings (SSSR count). The van der Waals surface area contributed by atoms with Gasteiger partial charge in [-0.1, -0.05) is 12.1 Å². The number of pyridine rings is 2. The van der Waals surface area contributed by atoms with Gasteiger partial charge in [0.25, 0.3) is 5.91 Å². The van der Waals surface area contributed by atoms with Crippen LogP contribution in [0.4, 0.5) is 11.5 Å². The fraction of sp³-hybridized carbons (Fsp3) is 0.214. The van der Waals surface area contributed by atoms with Gasteiger partial charge in [0.05, 0.1) is 42.0 Å². The Morgan fingerprint density at radius 2 is 1.95 bits per heavy atom. The number of aromatic amines is 1. The molecular formula is C28H27N9O3. The number of ether oxygens (including phenoxy) is 2. The van der Waals surface area contributed by atoms with E-state index < -0.39 is 5.91 Å². The van der Waals surface area contributed by atoms with E-state index in [-0.39, 0.29) is 18.0 Å². The Bertz CT molecular complexity index is 1710. The number of anilines is 2. The van der Waals surface area contributed by atoms with E-state index in [4.69, 9.17) is 20.9 Å². The lowest BCUT2D eigenvalue weighted by molar-refractivity contribution is 0.0996. The van der Waals surface area contributed by atoms with Gasteiger partial charge in [0.1, 0.15) is 12.4 Å². The zero-order chi connectivity index (χ0) is 27.6. The Hall–Kier alpha value is -5.10. The molecule has 1 aromatic carbocycles. The molecule has 12 nitrogen and oxygen atoms in total. The van der Waals surface area contributed by atoms with Crippen LogP contribution in [-0.4, -0.2) is 62.3 Å². The lowest BCUT2D eigenvalue weighted by atomic mass is 9.94. The van der Waals surface area contributed by atoms with Crippen molar-refractivity contribution in [3.8, 4) is 28.4 Å². The third-order valence-electron chi connectivity index (χ3n) is 6.75. The van der Waals surface area contributed by atoms with Crippen LogP contribution in [0.15, 0.2) is 54.9 Å². The van der Waals surface area contributed by atoms with Crippen molar-refractivity contribution < 1.29 is 14.3 Å². The van der Waals surface area contributed by atoms with Crippen LogP contribution in [0.5, 0.6) is 5.88 Å². The van der Waals surface area contributed by atoms with Crippen molar-refractivity contribution in [2.45, 2.75) is 13.5 Å². The second-order valence-corrected chi connectivity index (χ2v) is 9.35. The van der Waals surface area contributed by atoms with Crippen molar-refractivity contribution in [3.05, 3.63) is 71.9 Å². The molecule has 202 valence electrons. The number of nitrogen functional groups attached to an aromatic ring is 1. The molecule has 0 aliphatic carbocycles. The third-order valence-corrected chi connectivity index (χ3v) is 6.75. The molecule has 5 aromatic rings. The van der Waals surface area contributed by atoms with Crippen LogP contribution in [0.1, 0.15) is 21.9 Å². The fourth-order valence-corrected chi connectivity index (χ4v) is 4.77. The SMILES string of the molecule is Cc1ccc2[nH]ncc2c1-c1cc(-c2cccc(OCc3nccc(N4CCOCC4)n3)n2)nc(C(N)=O)c1N. The second-order valence-electron chi connectivity index (χ2n) is 9.35. The third kappa shape index (κ3) is 4.87. The van der Waals surface area contributed by atoms with Gasteiger partial charge < -0.3 is 25.8 Å². The number of aromatic nitrogens is 6. The number of hydrogen-bond acceptors (Lipinski definition) is 10. The number of nitrogens with two attached hydrogens (primary N) is 2. The number of H-pyrrole nitrogens is 1. The highest BCUT2D eigenvalue weighted by Crippen LogP contribution is 2.37. The van der Waals surface area contributed by atoms with Crippen molar-refractivity contribution in [2.75, 3.05) is 36.9 Å². The van der Waals surface area contributed by atoms with Crippen molar-refractivity contribution in [1.82, 2.24) is 30.1 Å². The number of fused-ring (bicyclic) bond motifs is 1. The van der Waals surface area contributed by atoms with E-state index in [2.05, 4.69) is 35.0 Å². The lowest BCUT2D eigenvalue weighted by Gasteiger charge is -2.27. The summed E-state index contributed by atoms with van der Waals surface area (Å²) in [5.41, 5.74) is 16.4. The number of morpholine rings is 1. The smallest absolute Gasteiger partial charge is 0.269 e. The van der Waals surface area contributed by atoms with Crippen LogP contribution in [-0.2, 0) is 11.3 Å². The number of amides is 1. The molecule has 0 unspecified atom stereocenters. The predicted molar refractivity (Wildman–Crippen MR) is 150 cm³/mol. The Labute approximate surface area is 229 Å². The van der Waals surface area contributed by atoms with Gasteiger partial charge >= 0.3 is 0 Å². The topological polar surface area (TPSA) is 171 Å². The molecule has 40 heavy (non-hydrogen) atoms. The Balaban J connectivity index is 1.32. The molecule has 1 amide bonds. The summed E-state index contributed by atoms with van der Waals surface area (Å²) < 4.78 is 11.4. The minimum Gasteiger partial charge on any atom is -0.469 e. The summed E-state index contributed by atoms with van der Waals surface area (Å²) in [5, 5.41) is 8.00. The predicted octanol–water partition coefficient (Wildman–Crippen LogP) is 2.88. The summed E-state index contributed by atoms with van der Waals surface area (Å²) in [5.74, 6) is 0.983. The molecule has 5 N–H and O–H groups in total. The molecule has 1 aliphatic heterocycles. The maximum absolute atomic E-state index is 12.3. The van der Waals surface area contributed by atoms with Gasteiger partial charge in [-0.15, -0.1) is 0 Å². The van der Waals surface area contributed by atoms with E-state index in [1.165, 1.54) is 0 Å². The summed E-state index contributed by atoms with van der Waals surface area (Å²) in [4.78, 5) is 32.6. The number of benzene rings is 1. The second kappa shape index (κ2) is 10.6. The Morgan fingerprint density at radius 1 is 1.10 bits per heavy atom. The summed E-state index contributed by atoms with van der Waals surface area (Å²) in [6, 6.07) is 12.9. The van der Waals surface area contributed by atoms with Crippen LogP contribution < -0.4 is 21.1 Å². The molecule has 0 atom stereocenters. The summed E-state index contributed by atoms with van der Waals surface area (Å²) in [6.07, 6.45) is 3.44. The van der Waals surface area contributed by atoms with Crippen LogP contribution in [0, 0.1) is 6.92 Å². The maximum atomic E-state index is 12.3. The first kappa shape index (κ1) is 25.2. The zero-order valence-electron chi connectivity index (χ0n) is 21.8. The van der Waals surface area contributed by atoms with Crippen molar-refractivity contribution >= 4 is 28.3 Å². The molecule has 0 spiro atoms. The van der Waals surface area contributed by atoms with E-state index in [1.807, 2.05) is 25.1 Å². The van der Waals surface area contributed by atoms with Crippen molar-refractivity contribution in [1.29, 1.82) is 0 Å². The van der Waals surface area contributed by atoms with Crippen molar-refractivity contribution in [2.24, 2.45) is 5.73 Å². The molecular weight excluding hydrogens is 510 g/mol. The highest BCUT2D eigenvalue weighted by molar-refractivity contribution is 6.05. The minimum absolute atomic E-state index is 0.0335. The van der Waals surface area contributed by atoms with Crippen LogP contribution in [0.2, 0.25) is 0 Å². The lowest BCUT2D eigenvalue weighted by Crippen LogP contribution is -2.36. The van der Waals surface area contributed by atoms with E-state index in [0.29, 0.717) is 41.9 Å². The zero-order valence-corrected chi connectivity index (χ0v) is 21.8. The molecule has 0 bridgehead atoms. The van der Waals surface area contributed by atoms with Gasteiger partial charge in [-0.2, -0.15) is 5.10 Å². The van der Waals surface area contributed by atoms with Gasteiger partial charge in [-0.05, 0) is 42.3 Å². The molecule has 0 radical (unpaired) electrons. The standard InChI is InChI=1S/C28H27N9O3/c1-16-5-6-19-18(14-32-36-19)25(16)17-13-21(34-27(26(17)29)28(30)38)20-3-2-4-24(33-20)40-15-22-31-8-7-23(35-22)37-9-11-39-12-10-37/h2-8,13-14H,9-12,15,29H2,1H3,(H2,30,38)(H,32,36). The summed E-state index contributed by atoms with van der Waals surface area (Å²) in [7, 11) is 0. The fourth-order valence-electron chi connectivity index (χ4n) is 4.77. The quantitative estimate of drug-likeness (QED) is 0.280. The largest absolute Gasteiger partial charge is 0.469 e. The van der Waals surface area contributed by atoms with E-state index in [1.54, 1.807) is 36.7 Å². The summed E-state index contributed by atoms with van der Waals surface area (Å²) >= 11 is 0. The molecule has 4 aromatic heterocycles. The molecule has 12 heteroatoms. The average molecular weight is 538 g/mol. The van der Waals surface area contributed by atoms with Crippen LogP contribution in [0.25, 0.3) is 33.4 Å². The molecule has 1 aliphatic rings. The number of carbonyl (C=O) groups is 1. The Kier molecular flexibility index (Phi) is 6.66. The number of aryl methyl sites for hydroxylation is 1. The van der Waals surface area contributed by atoms with E-state index >= 15 is 0 Å². The number of nitrogens with zero attached hydrogens (tertiary/aromatic N) is 6. The number of primary amides is 1. The molecule has 5 heterocycles. The van der Waals surface area contributed by atoms with Gasteiger partial charge in [0.2, 0.25) is 5.88 Å². The van der Waals surface area contributed by atoms with E-state index in [0.717, 1.165) is 40.9 Å². The molecule has 0 saturated carbocycles. The minimum atomic E-state index is -0.734. The maximum Gasteiger partial charge on any atom is 0.269 e. The number of carbonyl (C=O) groups excluding carboxylic acids is 1. The van der Waals surface area contributed by atoms with Crippen LogP contribution in [0.3, 0.4) is 0 Å². The Morgan fingerprint density at radius 3 is 2.77 bits per heavy atom. The monoisotopic (exact) mass is 537 g/mol. The normalized spacial score (nSPS) is 13.5. The first-order chi connectivity index (χ1) is 19.5. The van der Waals surface area contributed by atoms with Gasteiger partial charge in [0, 0.05) is 36.3 Å². The highest BCUT2D eigenvalue weighted by atomic mass is 16.5. The first-order valence-corrected chi connectivity index (χ1v) is 12.8. The number of hydrogen-bond donors (Lipinski definition) is 3. The van der Waals surface area contributed by atoms with Gasteiger partial charge in [-0.3, -0.25) is 9.89 Å². The average Bonchev–Trinajstić information content (AvgIpc) is 3.46. The van der Waals surface area contributed by atoms with Crippen LogP contribution >= 0.6 is 0 Å². The number of rotatable bonds is 7. The summed E-state index contributed by atoms with van der Waals surface area (Å²) in [6.45, 7) is 4.99. The number of nitrogens with one attached hydrogen (secondary N) is 1.